The minimum Gasteiger partial charge on any atom is -0.369 e. The molecule has 1 aromatic rings. The molecule has 1 atom stereocenters. The number of aryl methyl sites for hydroxylation is 1. The van der Waals surface area contributed by atoms with Crippen molar-refractivity contribution in [1.82, 2.24) is 10.2 Å². The summed E-state index contributed by atoms with van der Waals surface area (Å²) >= 11 is 0. The topological polar surface area (TPSA) is 18.5 Å². The molecule has 0 aromatic heterocycles. The Morgan fingerprint density at radius 3 is 2.68 bits per heavy atom. The summed E-state index contributed by atoms with van der Waals surface area (Å²) in [4.78, 5) is 5.00. The van der Waals surface area contributed by atoms with E-state index in [9.17, 15) is 0 Å². The Morgan fingerprint density at radius 2 is 1.95 bits per heavy atom. The number of nitrogens with one attached hydrogen (secondary N) is 1. The van der Waals surface area contributed by atoms with E-state index >= 15 is 0 Å². The van der Waals surface area contributed by atoms with Crippen LogP contribution in [0.2, 0.25) is 0 Å². The predicted octanol–water partition coefficient (Wildman–Crippen LogP) is 1.52. The van der Waals surface area contributed by atoms with Crippen LogP contribution in [-0.4, -0.2) is 51.2 Å². The van der Waals surface area contributed by atoms with E-state index in [4.69, 9.17) is 0 Å². The van der Waals surface area contributed by atoms with Crippen molar-refractivity contribution < 1.29 is 0 Å². The van der Waals surface area contributed by atoms with E-state index in [1.54, 1.807) is 11.1 Å². The van der Waals surface area contributed by atoms with E-state index in [1.165, 1.54) is 38.0 Å². The van der Waals surface area contributed by atoms with Gasteiger partial charge >= 0.3 is 0 Å². The second-order valence-corrected chi connectivity index (χ2v) is 5.93. The van der Waals surface area contributed by atoms with Crippen molar-refractivity contribution in [3.8, 4) is 0 Å². The van der Waals surface area contributed by atoms with Gasteiger partial charge in [-0.05, 0) is 50.6 Å². The summed E-state index contributed by atoms with van der Waals surface area (Å²) in [5, 5.41) is 3.46. The first-order valence-electron chi connectivity index (χ1n) is 7.49. The quantitative estimate of drug-likeness (QED) is 0.868. The zero-order valence-electron chi connectivity index (χ0n) is 12.2. The van der Waals surface area contributed by atoms with Crippen molar-refractivity contribution >= 4 is 5.69 Å². The highest BCUT2D eigenvalue weighted by Gasteiger charge is 2.23. The number of hydrogen-bond donors (Lipinski definition) is 1. The minimum absolute atomic E-state index is 0.654. The molecular weight excluding hydrogens is 234 g/mol. The van der Waals surface area contributed by atoms with Crippen LogP contribution in [0.5, 0.6) is 0 Å². The molecule has 0 bridgehead atoms. The van der Waals surface area contributed by atoms with Crippen LogP contribution in [0.4, 0.5) is 5.69 Å². The lowest BCUT2D eigenvalue weighted by Crippen LogP contribution is -2.45. The number of anilines is 1. The molecule has 1 aliphatic heterocycles. The number of nitrogens with zero attached hydrogens (tertiary/aromatic N) is 2. The van der Waals surface area contributed by atoms with E-state index in [2.05, 4.69) is 47.4 Å². The second-order valence-electron chi connectivity index (χ2n) is 5.93. The number of benzene rings is 1. The standard InChI is InChI=1S/C16H25N3/c1-17-14-7-6-13-4-3-5-16(15(13)12-14)19-10-8-18(2)9-11-19/h3-5,14,17H,6-12H2,1-2H3/t14-/m1/s1. The van der Waals surface area contributed by atoms with E-state index in [1.807, 2.05) is 0 Å². The van der Waals surface area contributed by atoms with Gasteiger partial charge in [0.05, 0.1) is 0 Å². The van der Waals surface area contributed by atoms with E-state index in [-0.39, 0.29) is 0 Å². The maximum absolute atomic E-state index is 3.46. The summed E-state index contributed by atoms with van der Waals surface area (Å²) < 4.78 is 0. The molecule has 1 aliphatic carbocycles. The van der Waals surface area contributed by atoms with Gasteiger partial charge in [0, 0.05) is 37.9 Å². The Bertz CT molecular complexity index is 436. The molecular formula is C16H25N3. The molecule has 3 heteroatoms. The van der Waals surface area contributed by atoms with Gasteiger partial charge in [-0.2, -0.15) is 0 Å². The van der Waals surface area contributed by atoms with Gasteiger partial charge in [0.15, 0.2) is 0 Å². The molecule has 1 aromatic carbocycles. The molecule has 1 saturated heterocycles. The smallest absolute Gasteiger partial charge is 0.0403 e. The largest absolute Gasteiger partial charge is 0.369 e. The molecule has 3 rings (SSSR count). The van der Waals surface area contributed by atoms with Crippen molar-refractivity contribution in [2.24, 2.45) is 0 Å². The molecule has 104 valence electrons. The minimum atomic E-state index is 0.654. The molecule has 0 unspecified atom stereocenters. The highest BCUT2D eigenvalue weighted by atomic mass is 15.2. The molecule has 2 aliphatic rings. The normalized spacial score (nSPS) is 24.3. The van der Waals surface area contributed by atoms with Crippen molar-refractivity contribution in [2.45, 2.75) is 25.3 Å². The lowest BCUT2D eigenvalue weighted by Gasteiger charge is -2.37. The molecule has 0 saturated carbocycles. The fourth-order valence-corrected chi connectivity index (χ4v) is 3.36. The molecule has 3 nitrogen and oxygen atoms in total. The second kappa shape index (κ2) is 5.51. The van der Waals surface area contributed by atoms with Crippen LogP contribution in [0.1, 0.15) is 17.5 Å². The van der Waals surface area contributed by atoms with Crippen molar-refractivity contribution in [3.05, 3.63) is 29.3 Å². The predicted molar refractivity (Wildman–Crippen MR) is 81.0 cm³/mol. The summed E-state index contributed by atoms with van der Waals surface area (Å²) in [5.41, 5.74) is 4.66. The monoisotopic (exact) mass is 259 g/mol. The molecule has 1 heterocycles. The van der Waals surface area contributed by atoms with Gasteiger partial charge in [-0.25, -0.2) is 0 Å². The van der Waals surface area contributed by atoms with E-state index in [0.717, 1.165) is 13.1 Å². The van der Waals surface area contributed by atoms with Gasteiger partial charge in [-0.15, -0.1) is 0 Å². The van der Waals surface area contributed by atoms with Gasteiger partial charge in [0.2, 0.25) is 0 Å². The van der Waals surface area contributed by atoms with Crippen LogP contribution in [-0.2, 0) is 12.8 Å². The molecule has 1 N–H and O–H groups in total. The zero-order chi connectivity index (χ0) is 13.2. The number of fused-ring (bicyclic) bond motifs is 1. The Kier molecular flexibility index (Phi) is 3.76. The molecule has 0 radical (unpaired) electrons. The zero-order valence-corrected chi connectivity index (χ0v) is 12.2. The van der Waals surface area contributed by atoms with E-state index < -0.39 is 0 Å². The van der Waals surface area contributed by atoms with Gasteiger partial charge in [-0.3, -0.25) is 0 Å². The third kappa shape index (κ3) is 2.63. The van der Waals surface area contributed by atoms with Crippen molar-refractivity contribution in [3.63, 3.8) is 0 Å². The fourth-order valence-electron chi connectivity index (χ4n) is 3.36. The molecule has 1 fully saturated rings. The number of hydrogen-bond acceptors (Lipinski definition) is 3. The Morgan fingerprint density at radius 1 is 1.16 bits per heavy atom. The molecule has 19 heavy (non-hydrogen) atoms. The third-order valence-electron chi connectivity index (χ3n) is 4.71. The van der Waals surface area contributed by atoms with Crippen LogP contribution in [0.3, 0.4) is 0 Å². The van der Waals surface area contributed by atoms with E-state index in [0.29, 0.717) is 6.04 Å². The third-order valence-corrected chi connectivity index (χ3v) is 4.71. The van der Waals surface area contributed by atoms with Gasteiger partial charge in [0.1, 0.15) is 0 Å². The van der Waals surface area contributed by atoms with Crippen molar-refractivity contribution in [1.29, 1.82) is 0 Å². The van der Waals surface area contributed by atoms with Gasteiger partial charge in [0.25, 0.3) is 0 Å². The van der Waals surface area contributed by atoms with Crippen LogP contribution in [0.25, 0.3) is 0 Å². The Hall–Kier alpha value is -1.06. The summed E-state index contributed by atoms with van der Waals surface area (Å²) in [6.45, 7) is 4.69. The maximum Gasteiger partial charge on any atom is 0.0403 e. The Labute approximate surface area is 116 Å². The summed E-state index contributed by atoms with van der Waals surface area (Å²) in [5.74, 6) is 0. The number of rotatable bonds is 2. The average molecular weight is 259 g/mol. The van der Waals surface area contributed by atoms with Crippen LogP contribution in [0.15, 0.2) is 18.2 Å². The van der Waals surface area contributed by atoms with Crippen molar-refractivity contribution in [2.75, 3.05) is 45.2 Å². The maximum atomic E-state index is 3.46. The summed E-state index contributed by atoms with van der Waals surface area (Å²) in [7, 11) is 4.31. The van der Waals surface area contributed by atoms with Gasteiger partial charge < -0.3 is 15.1 Å². The van der Waals surface area contributed by atoms with Crippen LogP contribution in [0, 0.1) is 0 Å². The summed E-state index contributed by atoms with van der Waals surface area (Å²) in [6, 6.07) is 7.54. The first-order chi connectivity index (χ1) is 9.28. The molecule has 0 spiro atoms. The highest BCUT2D eigenvalue weighted by molar-refractivity contribution is 5.58. The fraction of sp³-hybridized carbons (Fsp3) is 0.625. The number of piperazine rings is 1. The van der Waals surface area contributed by atoms with Crippen LogP contribution >= 0.6 is 0 Å². The highest BCUT2D eigenvalue weighted by Crippen LogP contribution is 2.31. The first-order valence-corrected chi connectivity index (χ1v) is 7.49. The SMILES string of the molecule is CN[C@@H]1CCc2cccc(N3CCN(C)CC3)c2C1. The lowest BCUT2D eigenvalue weighted by molar-refractivity contribution is 0.312. The lowest BCUT2D eigenvalue weighted by atomic mass is 9.87. The first kappa shape index (κ1) is 12.9. The number of likely N-dealkylation sites (N-methyl/N-ethyl adjacent to an activating group) is 2. The Balaban J connectivity index is 1.86. The van der Waals surface area contributed by atoms with Gasteiger partial charge in [-0.1, -0.05) is 12.1 Å². The molecule has 0 amide bonds. The summed E-state index contributed by atoms with van der Waals surface area (Å²) in [6.07, 6.45) is 3.69. The van der Waals surface area contributed by atoms with Crippen LogP contribution < -0.4 is 10.2 Å². The average Bonchev–Trinajstić information content (AvgIpc) is 2.47.